The minimum atomic E-state index is -0.683. The molecule has 2 rings (SSSR count). The van der Waals surface area contributed by atoms with Crippen LogP contribution in [0.3, 0.4) is 0 Å². The standard InChI is InChI=1S/C14H9F2O2.C8H16.CH3.3W/c1-18-14-5-2-9(6-10(14)8-17)12-4-3-11(15)7-13(12)16;1-5-7(3)8(4)6-2;;;;/h2-7H,1H3;5-8H,1-4H3;1H3;;;/q-1;-2;-1;;2*+2. The maximum absolute atomic E-state index is 13.6. The Morgan fingerprint density at radius 3 is 1.90 bits per heavy atom. The minimum Gasteiger partial charge on any atom is -0.553 e. The van der Waals surface area contributed by atoms with E-state index in [1.54, 1.807) is 18.4 Å². The first kappa shape index (κ1) is 37.2. The largest absolute Gasteiger partial charge is 2.00 e. The topological polar surface area (TPSA) is 26.3 Å². The minimum absolute atomic E-state index is 0. The van der Waals surface area contributed by atoms with Gasteiger partial charge in [-0.05, 0) is 12.1 Å². The molecular formula is C23H28F2O2W3. The van der Waals surface area contributed by atoms with Crippen molar-refractivity contribution in [3.05, 3.63) is 73.9 Å². The monoisotopic (exact) mass is 926 g/mol. The summed E-state index contributed by atoms with van der Waals surface area (Å²) in [5.74, 6) is 0.500. The second kappa shape index (κ2) is 19.5. The van der Waals surface area contributed by atoms with Crippen molar-refractivity contribution in [1.82, 2.24) is 0 Å². The van der Waals surface area contributed by atoms with Crippen LogP contribution in [0, 0.1) is 43.7 Å². The average molecular weight is 926 g/mol. The molecule has 0 aliphatic heterocycles. The number of halogens is 2. The molecule has 0 radical (unpaired) electrons. The number of carbonyl (C=O) groups excluding carboxylic acids is 1. The van der Waals surface area contributed by atoms with Gasteiger partial charge in [-0.15, -0.1) is 11.6 Å². The first-order chi connectivity index (χ1) is 12.4. The molecule has 0 fully saturated rings. The van der Waals surface area contributed by atoms with E-state index in [1.165, 1.54) is 19.2 Å². The van der Waals surface area contributed by atoms with Crippen molar-refractivity contribution in [2.45, 2.75) is 27.7 Å². The van der Waals surface area contributed by atoms with Crippen molar-refractivity contribution in [1.29, 1.82) is 0 Å². The summed E-state index contributed by atoms with van der Waals surface area (Å²) >= 11 is 0. The molecule has 0 saturated carbocycles. The second-order valence-corrected chi connectivity index (χ2v) is 6.03. The Bertz CT molecular complexity index is 720. The van der Waals surface area contributed by atoms with Gasteiger partial charge in [-0.2, -0.15) is 25.7 Å². The van der Waals surface area contributed by atoms with E-state index in [1.807, 2.05) is 0 Å². The summed E-state index contributed by atoms with van der Waals surface area (Å²) in [5.41, 5.74) is 0.876. The molecule has 0 amide bonds. The van der Waals surface area contributed by atoms with Gasteiger partial charge in [0, 0.05) is 38.4 Å². The maximum atomic E-state index is 13.6. The van der Waals surface area contributed by atoms with Crippen molar-refractivity contribution in [2.24, 2.45) is 11.8 Å². The molecule has 0 aliphatic carbocycles. The second-order valence-electron chi connectivity index (χ2n) is 6.03. The van der Waals surface area contributed by atoms with Crippen LogP contribution in [0.4, 0.5) is 8.78 Å². The molecule has 2 aromatic rings. The SMILES string of the molecule is COc1ccc(-c2ccc(F)cc2F)cc1[C-]=O.C[CH-]C(C)C(C)[CH-]C.[CH3-].[W+2].[W+2].[W]. The van der Waals surface area contributed by atoms with Crippen LogP contribution in [0.1, 0.15) is 33.3 Å². The molecule has 0 bridgehead atoms. The average Bonchev–Trinajstić information content (AvgIpc) is 2.66. The third-order valence-electron chi connectivity index (χ3n) is 4.43. The van der Waals surface area contributed by atoms with E-state index in [9.17, 15) is 13.6 Å². The molecule has 0 N–H and O–H groups in total. The van der Waals surface area contributed by atoms with Gasteiger partial charge in [0.15, 0.2) is 0 Å². The molecule has 164 valence electrons. The van der Waals surface area contributed by atoms with Crippen LogP contribution in [0.5, 0.6) is 5.75 Å². The van der Waals surface area contributed by atoms with E-state index in [0.717, 1.165) is 24.0 Å². The molecular weight excluding hydrogens is 898 g/mol. The van der Waals surface area contributed by atoms with Gasteiger partial charge in [-0.25, -0.2) is 8.78 Å². The molecule has 0 spiro atoms. The van der Waals surface area contributed by atoms with E-state index in [-0.39, 0.29) is 81.7 Å². The zero-order chi connectivity index (χ0) is 19.7. The Morgan fingerprint density at radius 2 is 1.50 bits per heavy atom. The Morgan fingerprint density at radius 1 is 0.967 bits per heavy atom. The summed E-state index contributed by atoms with van der Waals surface area (Å²) in [6, 6.07) is 7.86. The summed E-state index contributed by atoms with van der Waals surface area (Å²) in [7, 11) is 1.42. The molecule has 0 aliphatic rings. The number of rotatable bonds is 6. The first-order valence-corrected chi connectivity index (χ1v) is 8.48. The van der Waals surface area contributed by atoms with Crippen molar-refractivity contribution >= 4 is 6.29 Å². The number of ether oxygens (including phenoxy) is 1. The number of hydrogen-bond acceptors (Lipinski definition) is 2. The number of methoxy groups -OCH3 is 1. The fourth-order valence-electron chi connectivity index (χ4n) is 2.29. The van der Waals surface area contributed by atoms with Crippen molar-refractivity contribution in [3.63, 3.8) is 0 Å². The van der Waals surface area contributed by atoms with Crippen LogP contribution < -0.4 is 4.74 Å². The number of benzene rings is 2. The van der Waals surface area contributed by atoms with Crippen molar-refractivity contribution in [3.8, 4) is 16.9 Å². The summed E-state index contributed by atoms with van der Waals surface area (Å²) in [6.45, 7) is 8.71. The van der Waals surface area contributed by atoms with Gasteiger partial charge in [-0.1, -0.05) is 31.5 Å². The zero-order valence-electron chi connectivity index (χ0n) is 18.1. The van der Waals surface area contributed by atoms with E-state index in [0.29, 0.717) is 11.3 Å². The fourth-order valence-corrected chi connectivity index (χ4v) is 2.29. The molecule has 30 heavy (non-hydrogen) atoms. The molecule has 2 atom stereocenters. The quantitative estimate of drug-likeness (QED) is 0.321. The van der Waals surface area contributed by atoms with Crippen LogP contribution in [-0.4, -0.2) is 13.4 Å². The predicted molar refractivity (Wildman–Crippen MR) is 108 cm³/mol. The van der Waals surface area contributed by atoms with Crippen molar-refractivity contribution < 1.29 is 81.5 Å². The van der Waals surface area contributed by atoms with Crippen molar-refractivity contribution in [2.75, 3.05) is 7.11 Å². The van der Waals surface area contributed by atoms with Crippen LogP contribution in [0.15, 0.2) is 36.4 Å². The van der Waals surface area contributed by atoms with Crippen LogP contribution in [-0.2, 0) is 68.0 Å². The van der Waals surface area contributed by atoms with E-state index in [2.05, 4.69) is 40.5 Å². The van der Waals surface area contributed by atoms with Gasteiger partial charge in [-0.3, -0.25) is 0 Å². The molecule has 2 nitrogen and oxygen atoms in total. The van der Waals surface area contributed by atoms with E-state index < -0.39 is 11.6 Å². The summed E-state index contributed by atoms with van der Waals surface area (Å²) < 4.78 is 31.3. The van der Waals surface area contributed by atoms with Gasteiger partial charge in [0.25, 0.3) is 0 Å². The Balaban J connectivity index is -0.000000247. The molecule has 7 heteroatoms. The fraction of sp³-hybridized carbons (Fsp3) is 0.304. The smallest absolute Gasteiger partial charge is 0.553 e. The Labute approximate surface area is 223 Å². The van der Waals surface area contributed by atoms with E-state index in [4.69, 9.17) is 4.74 Å². The van der Waals surface area contributed by atoms with Gasteiger partial charge >= 0.3 is 42.1 Å². The molecule has 0 saturated heterocycles. The van der Waals surface area contributed by atoms with Crippen LogP contribution >= 0.6 is 0 Å². The molecule has 0 aromatic heterocycles. The Kier molecular flexibility index (Phi) is 24.2. The summed E-state index contributed by atoms with van der Waals surface area (Å²) in [6.07, 6.45) is 6.20. The maximum Gasteiger partial charge on any atom is 2.00 e. The van der Waals surface area contributed by atoms with E-state index >= 15 is 0 Å². The van der Waals surface area contributed by atoms with Crippen LogP contribution in [0.2, 0.25) is 0 Å². The third kappa shape index (κ3) is 11.5. The van der Waals surface area contributed by atoms with Gasteiger partial charge in [0.2, 0.25) is 0 Å². The molecule has 2 aromatic carbocycles. The van der Waals surface area contributed by atoms with Gasteiger partial charge in [0.1, 0.15) is 11.6 Å². The zero-order valence-corrected chi connectivity index (χ0v) is 26.9. The predicted octanol–water partition coefficient (Wildman–Crippen LogP) is 6.25. The molecule has 0 heterocycles. The third-order valence-corrected chi connectivity index (χ3v) is 4.43. The normalized spacial score (nSPS) is 10.9. The Hall–Kier alpha value is -0.165. The van der Waals surface area contributed by atoms with Gasteiger partial charge < -0.3 is 29.8 Å². The number of hydrogen-bond donors (Lipinski definition) is 0. The summed E-state index contributed by atoms with van der Waals surface area (Å²) in [4.78, 5) is 10.8. The molecule has 2 unspecified atom stereocenters. The summed E-state index contributed by atoms with van der Waals surface area (Å²) in [5, 5.41) is 0. The van der Waals surface area contributed by atoms with Gasteiger partial charge in [0.05, 0.1) is 13.4 Å². The van der Waals surface area contributed by atoms with Crippen LogP contribution in [0.25, 0.3) is 11.1 Å². The first-order valence-electron chi connectivity index (χ1n) is 8.48.